The van der Waals surface area contributed by atoms with Gasteiger partial charge in [-0.3, -0.25) is 4.72 Å². The summed E-state index contributed by atoms with van der Waals surface area (Å²) in [6, 6.07) is 14.2. The van der Waals surface area contributed by atoms with Crippen LogP contribution in [0.2, 0.25) is 0 Å². The predicted molar refractivity (Wildman–Crippen MR) is 158 cm³/mol. The number of likely N-dealkylation sites (N-methyl/N-ethyl adjacent to an activating group) is 1. The Balaban J connectivity index is 1.27. The second-order valence-corrected chi connectivity index (χ2v) is 11.9. The largest absolute Gasteiger partial charge is 0.573 e. The number of nitrogens with one attached hydrogen (secondary N) is 1. The van der Waals surface area contributed by atoms with E-state index in [9.17, 15) is 30.7 Å². The van der Waals surface area contributed by atoms with Crippen molar-refractivity contribution in [3.63, 3.8) is 0 Å². The molecule has 0 saturated carbocycles. The Morgan fingerprint density at radius 2 is 1.70 bits per heavy atom. The zero-order valence-corrected chi connectivity index (χ0v) is 25.3. The predicted octanol–water partition coefficient (Wildman–Crippen LogP) is 6.92. The first-order valence-corrected chi connectivity index (χ1v) is 15.3. The summed E-state index contributed by atoms with van der Waals surface area (Å²) in [7, 11) is 1.98. The highest BCUT2D eigenvalue weighted by molar-refractivity contribution is 7.97. The van der Waals surface area contributed by atoms with Crippen molar-refractivity contribution in [2.24, 2.45) is 0 Å². The summed E-state index contributed by atoms with van der Waals surface area (Å²) >= 11 is 0.0984. The lowest BCUT2D eigenvalue weighted by molar-refractivity contribution is -0.276. The molecule has 15 heteroatoms. The van der Waals surface area contributed by atoms with E-state index in [1.807, 2.05) is 43.4 Å². The Hall–Kier alpha value is -3.82. The first-order chi connectivity index (χ1) is 22.0. The molecule has 0 radical (unpaired) electrons. The number of likely N-dealkylation sites (tertiary alicyclic amines) is 1. The third-order valence-corrected chi connectivity index (χ3v) is 8.91. The van der Waals surface area contributed by atoms with Gasteiger partial charge < -0.3 is 19.3 Å². The molecule has 1 aromatic heterocycles. The van der Waals surface area contributed by atoms with Gasteiger partial charge >= 0.3 is 6.36 Å². The number of hydrogen-bond donors (Lipinski definition) is 1. The van der Waals surface area contributed by atoms with Crippen molar-refractivity contribution in [1.29, 1.82) is 0 Å². The molecule has 244 valence electrons. The van der Waals surface area contributed by atoms with Crippen molar-refractivity contribution in [2.45, 2.75) is 49.7 Å². The maximum atomic E-state index is 14.6. The van der Waals surface area contributed by atoms with E-state index in [4.69, 9.17) is 14.7 Å². The van der Waals surface area contributed by atoms with Crippen LogP contribution in [0.4, 0.5) is 36.4 Å². The summed E-state index contributed by atoms with van der Waals surface area (Å²) < 4.78 is 108. The fraction of sp³-hybridized carbons (Fsp3) is 0.355. The zero-order chi connectivity index (χ0) is 32.6. The Morgan fingerprint density at radius 1 is 0.935 bits per heavy atom. The molecule has 1 fully saturated rings. The molecule has 3 heterocycles. The summed E-state index contributed by atoms with van der Waals surface area (Å²) in [5, 5.41) is 2.19. The van der Waals surface area contributed by atoms with E-state index < -0.39 is 40.3 Å². The van der Waals surface area contributed by atoms with Gasteiger partial charge in [0, 0.05) is 30.1 Å². The molecule has 4 aromatic rings. The minimum absolute atomic E-state index is 0.0984. The van der Waals surface area contributed by atoms with Gasteiger partial charge in [0.15, 0.2) is 17.4 Å². The molecule has 0 bridgehead atoms. The number of anilines is 1. The van der Waals surface area contributed by atoms with Crippen LogP contribution in [0.1, 0.15) is 29.9 Å². The number of alkyl halides is 3. The summed E-state index contributed by atoms with van der Waals surface area (Å²) in [4.78, 5) is 12.6. The van der Waals surface area contributed by atoms with E-state index >= 15 is 0 Å². The van der Waals surface area contributed by atoms with Crippen LogP contribution in [0.5, 0.6) is 11.6 Å². The van der Waals surface area contributed by atoms with E-state index in [-0.39, 0.29) is 36.1 Å². The van der Waals surface area contributed by atoms with Gasteiger partial charge in [0.1, 0.15) is 17.2 Å². The minimum Gasteiger partial charge on any atom is -0.475 e. The standard InChI is InChI=1S/C31H28F7N5O2S/c1-42-12-5-8-18(42)16-44-30-21(14-39-46-29-27(35)25(33)24(32)26(34)28(29)45-31(36,37)38)40-20-11-13-43(15-22(20)41-30)23-10-4-7-17-6-2-3-9-19(17)23/h2-4,6-7,9-10,18,39H,5,8,11-16H2,1H3/t18-/m1/s1. The van der Waals surface area contributed by atoms with Crippen molar-refractivity contribution in [2.75, 3.05) is 31.6 Å². The average Bonchev–Trinajstić information content (AvgIpc) is 3.46. The lowest BCUT2D eigenvalue weighted by atomic mass is 10.0. The molecule has 3 aromatic carbocycles. The van der Waals surface area contributed by atoms with Crippen molar-refractivity contribution in [3.8, 4) is 11.6 Å². The second-order valence-electron chi connectivity index (χ2n) is 11.0. The number of fused-ring (bicyclic) bond motifs is 2. The van der Waals surface area contributed by atoms with E-state index in [0.717, 1.165) is 35.8 Å². The lowest BCUT2D eigenvalue weighted by Gasteiger charge is -2.31. The van der Waals surface area contributed by atoms with E-state index in [2.05, 4.69) is 25.3 Å². The molecule has 0 aliphatic carbocycles. The highest BCUT2D eigenvalue weighted by Gasteiger charge is 2.37. The number of hydrogen-bond acceptors (Lipinski definition) is 8. The number of ether oxygens (including phenoxy) is 2. The normalized spacial score (nSPS) is 17.0. The van der Waals surface area contributed by atoms with Crippen LogP contribution < -0.4 is 19.1 Å². The summed E-state index contributed by atoms with van der Waals surface area (Å²) in [6.07, 6.45) is -3.06. The first-order valence-electron chi connectivity index (χ1n) is 14.5. The highest BCUT2D eigenvalue weighted by atomic mass is 32.2. The Labute approximate surface area is 263 Å². The van der Waals surface area contributed by atoms with Gasteiger partial charge in [-0.15, -0.1) is 13.2 Å². The molecule has 46 heavy (non-hydrogen) atoms. The van der Waals surface area contributed by atoms with Crippen LogP contribution >= 0.6 is 11.9 Å². The molecule has 2 aliphatic heterocycles. The van der Waals surface area contributed by atoms with E-state index in [0.29, 0.717) is 37.5 Å². The van der Waals surface area contributed by atoms with Gasteiger partial charge in [-0.25, -0.2) is 23.1 Å². The van der Waals surface area contributed by atoms with Gasteiger partial charge in [0.05, 0.1) is 24.5 Å². The molecule has 1 N–H and O–H groups in total. The number of halogens is 7. The Kier molecular flexibility index (Phi) is 9.17. The molecule has 0 unspecified atom stereocenters. The van der Waals surface area contributed by atoms with Crippen molar-refractivity contribution in [3.05, 3.63) is 82.8 Å². The van der Waals surface area contributed by atoms with Gasteiger partial charge in [-0.1, -0.05) is 36.4 Å². The van der Waals surface area contributed by atoms with Crippen molar-refractivity contribution < 1.29 is 40.2 Å². The molecule has 2 aliphatic rings. The van der Waals surface area contributed by atoms with Crippen LogP contribution in [0.3, 0.4) is 0 Å². The van der Waals surface area contributed by atoms with Crippen LogP contribution in [0.15, 0.2) is 47.4 Å². The highest BCUT2D eigenvalue weighted by Crippen LogP contribution is 2.40. The summed E-state index contributed by atoms with van der Waals surface area (Å²) in [5.74, 6) is -10.7. The number of nitrogens with zero attached hydrogens (tertiary/aromatic N) is 4. The van der Waals surface area contributed by atoms with Gasteiger partial charge in [-0.2, -0.15) is 4.39 Å². The number of rotatable bonds is 9. The van der Waals surface area contributed by atoms with Crippen LogP contribution in [0, 0.1) is 23.3 Å². The molecular weight excluding hydrogens is 639 g/mol. The molecule has 1 atom stereocenters. The maximum Gasteiger partial charge on any atom is 0.573 e. The van der Waals surface area contributed by atoms with E-state index in [1.165, 1.54) is 0 Å². The third-order valence-electron chi connectivity index (χ3n) is 8.05. The molecule has 0 spiro atoms. The molecule has 1 saturated heterocycles. The summed E-state index contributed by atoms with van der Waals surface area (Å²) in [5.41, 5.74) is 2.65. The fourth-order valence-corrected chi connectivity index (χ4v) is 6.46. The SMILES string of the molecule is CN1CCC[C@@H]1COc1nc2c(nc1CNSc1c(F)c(F)c(F)c(F)c1OC(F)(F)F)CCN(c1cccc3ccccc13)C2. The van der Waals surface area contributed by atoms with Crippen molar-refractivity contribution >= 4 is 28.4 Å². The topological polar surface area (TPSA) is 62.8 Å². The smallest absolute Gasteiger partial charge is 0.475 e. The quantitative estimate of drug-likeness (QED) is 0.0895. The monoisotopic (exact) mass is 667 g/mol. The summed E-state index contributed by atoms with van der Waals surface area (Å²) in [6.45, 7) is 2.02. The zero-order valence-electron chi connectivity index (χ0n) is 24.4. The van der Waals surface area contributed by atoms with Crippen LogP contribution in [-0.2, 0) is 19.5 Å². The van der Waals surface area contributed by atoms with Gasteiger partial charge in [0.25, 0.3) is 0 Å². The molecule has 7 nitrogen and oxygen atoms in total. The first kappa shape index (κ1) is 32.1. The molecule has 6 rings (SSSR count). The Morgan fingerprint density at radius 3 is 2.46 bits per heavy atom. The molecule has 0 amide bonds. The molecular formula is C31H28F7N5O2S. The second kappa shape index (κ2) is 13.1. The van der Waals surface area contributed by atoms with Gasteiger partial charge in [0.2, 0.25) is 17.5 Å². The Bertz CT molecular complexity index is 1750. The minimum atomic E-state index is -5.49. The van der Waals surface area contributed by atoms with Crippen LogP contribution in [0.25, 0.3) is 10.8 Å². The van der Waals surface area contributed by atoms with Crippen molar-refractivity contribution in [1.82, 2.24) is 19.6 Å². The number of aromatic nitrogens is 2. The van der Waals surface area contributed by atoms with E-state index in [1.54, 1.807) is 0 Å². The average molecular weight is 668 g/mol. The fourth-order valence-electron chi connectivity index (χ4n) is 5.71. The third kappa shape index (κ3) is 6.67. The van der Waals surface area contributed by atoms with Crippen LogP contribution in [-0.4, -0.2) is 54.0 Å². The number of benzene rings is 3. The lowest BCUT2D eigenvalue weighted by Crippen LogP contribution is -2.33. The maximum absolute atomic E-state index is 14.6. The van der Waals surface area contributed by atoms with Gasteiger partial charge in [-0.05, 0) is 49.8 Å².